The molecule has 156 valence electrons. The maximum Gasteiger partial charge on any atom is 0.318 e. The predicted octanol–water partition coefficient (Wildman–Crippen LogP) is 4.22. The molecule has 0 aliphatic carbocycles. The minimum Gasteiger partial charge on any atom is -0.377 e. The summed E-state index contributed by atoms with van der Waals surface area (Å²) in [4.78, 5) is 28.5. The Morgan fingerprint density at radius 3 is 2.28 bits per heavy atom. The molecule has 2 aromatic rings. The van der Waals surface area contributed by atoms with E-state index in [1.54, 1.807) is 4.90 Å². The highest BCUT2D eigenvalue weighted by Gasteiger charge is 2.18. The van der Waals surface area contributed by atoms with Crippen LogP contribution in [0.15, 0.2) is 48.5 Å². The summed E-state index contributed by atoms with van der Waals surface area (Å²) in [6, 6.07) is 15.7. The Balaban J connectivity index is 2.34. The Kier molecular flexibility index (Phi) is 8.07. The topological polar surface area (TPSA) is 64.7 Å². The maximum atomic E-state index is 12.9. The molecule has 0 unspecified atom stereocenters. The van der Waals surface area contributed by atoms with E-state index >= 15 is 0 Å². The van der Waals surface area contributed by atoms with E-state index in [0.29, 0.717) is 19.5 Å². The number of anilines is 2. The second-order valence-corrected chi connectivity index (χ2v) is 7.59. The molecule has 0 aliphatic rings. The normalized spacial score (nSPS) is 10.6. The van der Waals surface area contributed by atoms with Crippen molar-refractivity contribution in [1.82, 2.24) is 10.2 Å². The summed E-state index contributed by atoms with van der Waals surface area (Å²) in [7, 11) is 3.94. The van der Waals surface area contributed by atoms with Crippen molar-refractivity contribution in [3.63, 3.8) is 0 Å². The molecule has 2 rings (SSSR count). The Morgan fingerprint density at radius 2 is 1.69 bits per heavy atom. The molecule has 29 heavy (non-hydrogen) atoms. The van der Waals surface area contributed by atoms with E-state index < -0.39 is 0 Å². The molecule has 0 atom stereocenters. The number of carbonyl (C=O) groups is 2. The lowest BCUT2D eigenvalue weighted by molar-refractivity contribution is -0.115. The maximum absolute atomic E-state index is 12.9. The number of rotatable bonds is 8. The van der Waals surface area contributed by atoms with E-state index in [9.17, 15) is 9.59 Å². The summed E-state index contributed by atoms with van der Waals surface area (Å²) in [5, 5.41) is 5.90. The average molecular weight is 397 g/mol. The van der Waals surface area contributed by atoms with E-state index in [1.165, 1.54) is 0 Å². The van der Waals surface area contributed by atoms with Gasteiger partial charge in [-0.05, 0) is 43.2 Å². The van der Waals surface area contributed by atoms with Crippen LogP contribution in [0.5, 0.6) is 0 Å². The van der Waals surface area contributed by atoms with E-state index in [1.807, 2.05) is 88.3 Å². The molecule has 6 nitrogen and oxygen atoms in total. The van der Waals surface area contributed by atoms with Crippen LogP contribution in [-0.4, -0.2) is 37.0 Å². The largest absolute Gasteiger partial charge is 0.377 e. The van der Waals surface area contributed by atoms with Crippen LogP contribution >= 0.6 is 0 Å². The van der Waals surface area contributed by atoms with Gasteiger partial charge in [0.15, 0.2) is 0 Å². The van der Waals surface area contributed by atoms with Crippen molar-refractivity contribution < 1.29 is 9.59 Å². The summed E-state index contributed by atoms with van der Waals surface area (Å²) >= 11 is 0. The van der Waals surface area contributed by atoms with Gasteiger partial charge in [-0.3, -0.25) is 4.79 Å². The van der Waals surface area contributed by atoms with Gasteiger partial charge in [-0.15, -0.1) is 0 Å². The van der Waals surface area contributed by atoms with Crippen LogP contribution in [0.1, 0.15) is 38.3 Å². The molecule has 0 fully saturated rings. The molecule has 0 aromatic heterocycles. The number of amides is 3. The Morgan fingerprint density at radius 1 is 1.00 bits per heavy atom. The molecule has 3 amide bonds. The van der Waals surface area contributed by atoms with E-state index in [2.05, 4.69) is 10.6 Å². The van der Waals surface area contributed by atoms with E-state index in [4.69, 9.17) is 0 Å². The summed E-state index contributed by atoms with van der Waals surface area (Å²) in [5.41, 5.74) is 3.78. The van der Waals surface area contributed by atoms with Crippen molar-refractivity contribution in [2.75, 3.05) is 24.3 Å². The Labute approximate surface area is 173 Å². The fourth-order valence-corrected chi connectivity index (χ4v) is 3.02. The summed E-state index contributed by atoms with van der Waals surface area (Å²) in [6.07, 6.45) is 0.418. The van der Waals surface area contributed by atoms with Gasteiger partial charge in [0.25, 0.3) is 0 Å². The SMILES string of the molecule is CCC(=O)Nc1ccc(N(C)C)c(CN(Cc2ccccc2)C(=O)NC(C)C)c1. The molecule has 2 N–H and O–H groups in total. The van der Waals surface area contributed by atoms with Crippen molar-refractivity contribution in [3.8, 4) is 0 Å². The first kappa shape index (κ1) is 22.3. The van der Waals surface area contributed by atoms with Gasteiger partial charge in [0.1, 0.15) is 0 Å². The number of nitrogens with one attached hydrogen (secondary N) is 2. The lowest BCUT2D eigenvalue weighted by Crippen LogP contribution is -2.42. The fraction of sp³-hybridized carbons (Fsp3) is 0.391. The van der Waals surface area contributed by atoms with Crippen LogP contribution in [0.25, 0.3) is 0 Å². The molecule has 0 spiro atoms. The summed E-state index contributed by atoms with van der Waals surface area (Å²) in [6.45, 7) is 6.65. The van der Waals surface area contributed by atoms with Gasteiger partial charge in [-0.1, -0.05) is 37.3 Å². The molecular weight excluding hydrogens is 364 g/mol. The van der Waals surface area contributed by atoms with E-state index in [-0.39, 0.29) is 18.0 Å². The third-order valence-electron chi connectivity index (χ3n) is 4.44. The Hall–Kier alpha value is -3.02. The number of benzene rings is 2. The highest BCUT2D eigenvalue weighted by atomic mass is 16.2. The molecule has 0 bridgehead atoms. The Bertz CT molecular complexity index is 819. The van der Waals surface area contributed by atoms with Crippen molar-refractivity contribution in [2.45, 2.75) is 46.3 Å². The number of urea groups is 1. The number of hydrogen-bond acceptors (Lipinski definition) is 3. The highest BCUT2D eigenvalue weighted by Crippen LogP contribution is 2.25. The number of hydrogen-bond donors (Lipinski definition) is 2. The smallest absolute Gasteiger partial charge is 0.318 e. The lowest BCUT2D eigenvalue weighted by Gasteiger charge is -2.27. The third-order valence-corrected chi connectivity index (χ3v) is 4.44. The van der Waals surface area contributed by atoms with Gasteiger partial charge in [-0.25, -0.2) is 4.79 Å². The second-order valence-electron chi connectivity index (χ2n) is 7.59. The van der Waals surface area contributed by atoms with Gasteiger partial charge >= 0.3 is 6.03 Å². The van der Waals surface area contributed by atoms with Gasteiger partial charge in [-0.2, -0.15) is 0 Å². The van der Waals surface area contributed by atoms with Gasteiger partial charge < -0.3 is 20.4 Å². The first-order valence-electron chi connectivity index (χ1n) is 9.99. The van der Waals surface area contributed by atoms with Crippen LogP contribution in [0, 0.1) is 0 Å². The molecule has 0 aliphatic heterocycles. The molecule has 0 saturated heterocycles. The molecular formula is C23H32N4O2. The minimum absolute atomic E-state index is 0.0350. The molecule has 2 aromatic carbocycles. The van der Waals surface area contributed by atoms with E-state index in [0.717, 1.165) is 22.5 Å². The van der Waals surface area contributed by atoms with Gasteiger partial charge in [0.05, 0.1) is 0 Å². The minimum atomic E-state index is -0.114. The molecule has 0 heterocycles. The first-order chi connectivity index (χ1) is 13.8. The standard InChI is InChI=1S/C23H32N4O2/c1-6-22(28)25-20-12-13-21(26(4)5)19(14-20)16-27(23(29)24-17(2)3)15-18-10-8-7-9-11-18/h7-14,17H,6,15-16H2,1-5H3,(H,24,29)(H,25,28). The molecule has 6 heteroatoms. The number of carbonyl (C=O) groups excluding carboxylic acids is 2. The first-order valence-corrected chi connectivity index (χ1v) is 9.99. The van der Waals surface area contributed by atoms with Gasteiger partial charge in [0, 0.05) is 51.0 Å². The predicted molar refractivity (Wildman–Crippen MR) is 119 cm³/mol. The number of nitrogens with zero attached hydrogens (tertiary/aromatic N) is 2. The van der Waals surface area contributed by atoms with Crippen LogP contribution in [0.3, 0.4) is 0 Å². The average Bonchev–Trinajstić information content (AvgIpc) is 2.67. The second kappa shape index (κ2) is 10.5. The van der Waals surface area contributed by atoms with Crippen molar-refractivity contribution in [2.24, 2.45) is 0 Å². The van der Waals surface area contributed by atoms with Crippen molar-refractivity contribution in [3.05, 3.63) is 59.7 Å². The van der Waals surface area contributed by atoms with Crippen LogP contribution in [0.2, 0.25) is 0 Å². The van der Waals surface area contributed by atoms with Gasteiger partial charge in [0.2, 0.25) is 5.91 Å². The zero-order valence-electron chi connectivity index (χ0n) is 18.0. The summed E-state index contributed by atoms with van der Waals surface area (Å²) < 4.78 is 0. The van der Waals surface area contributed by atoms with Crippen LogP contribution < -0.4 is 15.5 Å². The van der Waals surface area contributed by atoms with Crippen molar-refractivity contribution in [1.29, 1.82) is 0 Å². The zero-order valence-corrected chi connectivity index (χ0v) is 18.0. The van der Waals surface area contributed by atoms with Crippen LogP contribution in [-0.2, 0) is 17.9 Å². The lowest BCUT2D eigenvalue weighted by atomic mass is 10.1. The summed E-state index contributed by atoms with van der Waals surface area (Å²) in [5.74, 6) is -0.0350. The third kappa shape index (κ3) is 6.82. The molecule has 0 saturated carbocycles. The fourth-order valence-electron chi connectivity index (χ4n) is 3.02. The quantitative estimate of drug-likeness (QED) is 0.702. The van der Waals surface area contributed by atoms with Crippen molar-refractivity contribution >= 4 is 23.3 Å². The zero-order chi connectivity index (χ0) is 21.4. The van der Waals surface area contributed by atoms with Crippen LogP contribution in [0.4, 0.5) is 16.2 Å². The molecule has 0 radical (unpaired) electrons. The monoisotopic (exact) mass is 396 g/mol. The highest BCUT2D eigenvalue weighted by molar-refractivity contribution is 5.91.